The first-order chi connectivity index (χ1) is 8.06. The Morgan fingerprint density at radius 1 is 1.29 bits per heavy atom. The van der Waals surface area contributed by atoms with Crippen LogP contribution in [-0.2, 0) is 4.74 Å². The monoisotopic (exact) mass is 233 g/mol. The minimum absolute atomic E-state index is 0.0324. The van der Waals surface area contributed by atoms with E-state index in [0.29, 0.717) is 0 Å². The van der Waals surface area contributed by atoms with Crippen LogP contribution in [-0.4, -0.2) is 23.6 Å². The molecule has 0 aromatic heterocycles. The van der Waals surface area contributed by atoms with E-state index in [1.807, 2.05) is 0 Å². The van der Waals surface area contributed by atoms with Gasteiger partial charge in [0, 0.05) is 17.7 Å². The lowest BCUT2D eigenvalue weighted by Gasteiger charge is -2.13. The molecule has 2 rings (SSSR count). The van der Waals surface area contributed by atoms with Crippen LogP contribution in [0.5, 0.6) is 0 Å². The summed E-state index contributed by atoms with van der Waals surface area (Å²) in [5, 5.41) is 10.8. The SMILES string of the molecule is COC1=CC(=O)c2cccc([N+](=O)[O-])c2C1=O. The van der Waals surface area contributed by atoms with Crippen LogP contribution in [0.2, 0.25) is 0 Å². The highest BCUT2D eigenvalue weighted by molar-refractivity contribution is 6.25. The average Bonchev–Trinajstić information content (AvgIpc) is 2.32. The van der Waals surface area contributed by atoms with Gasteiger partial charge in [0.2, 0.25) is 5.78 Å². The quantitative estimate of drug-likeness (QED) is 0.570. The number of Topliss-reactive ketones (excluding diaryl/α,β-unsaturated/α-hetero) is 1. The number of methoxy groups -OCH3 is 1. The number of nitro benzene ring substituents is 1. The first-order valence-electron chi connectivity index (χ1n) is 4.68. The molecule has 86 valence electrons. The molecule has 0 bridgehead atoms. The summed E-state index contributed by atoms with van der Waals surface area (Å²) in [7, 11) is 1.23. The zero-order valence-electron chi connectivity index (χ0n) is 8.80. The molecule has 6 heteroatoms. The minimum Gasteiger partial charge on any atom is -0.492 e. The van der Waals surface area contributed by atoms with Crippen molar-refractivity contribution < 1.29 is 19.2 Å². The Labute approximate surface area is 95.7 Å². The number of allylic oxidation sites excluding steroid dienone is 2. The Kier molecular flexibility index (Phi) is 2.47. The van der Waals surface area contributed by atoms with Crippen LogP contribution in [0.15, 0.2) is 30.0 Å². The maximum Gasteiger partial charge on any atom is 0.281 e. The molecule has 0 atom stereocenters. The number of fused-ring (bicyclic) bond motifs is 1. The fraction of sp³-hybridized carbons (Fsp3) is 0.0909. The van der Waals surface area contributed by atoms with E-state index in [-0.39, 0.29) is 22.6 Å². The number of hydrogen-bond acceptors (Lipinski definition) is 5. The van der Waals surface area contributed by atoms with Crippen LogP contribution in [0.25, 0.3) is 0 Å². The van der Waals surface area contributed by atoms with Crippen LogP contribution in [0, 0.1) is 10.1 Å². The van der Waals surface area contributed by atoms with Crippen molar-refractivity contribution in [2.45, 2.75) is 0 Å². The van der Waals surface area contributed by atoms with E-state index in [9.17, 15) is 19.7 Å². The van der Waals surface area contributed by atoms with Gasteiger partial charge in [-0.25, -0.2) is 0 Å². The number of carbonyl (C=O) groups excluding carboxylic acids is 2. The van der Waals surface area contributed by atoms with Gasteiger partial charge in [0.15, 0.2) is 11.5 Å². The largest absolute Gasteiger partial charge is 0.492 e. The normalized spacial score (nSPS) is 14.1. The zero-order valence-corrected chi connectivity index (χ0v) is 8.80. The Morgan fingerprint density at radius 2 is 2.00 bits per heavy atom. The van der Waals surface area contributed by atoms with Crippen LogP contribution in [0.3, 0.4) is 0 Å². The minimum atomic E-state index is -0.692. The van der Waals surface area contributed by atoms with Gasteiger partial charge in [0.05, 0.1) is 12.0 Å². The molecule has 0 aliphatic heterocycles. The van der Waals surface area contributed by atoms with Gasteiger partial charge in [-0.05, 0) is 6.07 Å². The van der Waals surface area contributed by atoms with E-state index < -0.39 is 16.5 Å². The summed E-state index contributed by atoms with van der Waals surface area (Å²) in [4.78, 5) is 33.6. The third-order valence-corrected chi connectivity index (χ3v) is 2.44. The lowest BCUT2D eigenvalue weighted by Crippen LogP contribution is -2.19. The van der Waals surface area contributed by atoms with Crippen molar-refractivity contribution in [2.24, 2.45) is 0 Å². The van der Waals surface area contributed by atoms with Crippen LogP contribution in [0.4, 0.5) is 5.69 Å². The highest BCUT2D eigenvalue weighted by Crippen LogP contribution is 2.29. The van der Waals surface area contributed by atoms with Crippen molar-refractivity contribution in [1.82, 2.24) is 0 Å². The van der Waals surface area contributed by atoms with Crippen LogP contribution >= 0.6 is 0 Å². The molecular weight excluding hydrogens is 226 g/mol. The molecule has 1 aromatic rings. The van der Waals surface area contributed by atoms with Crippen molar-refractivity contribution in [1.29, 1.82) is 0 Å². The molecule has 0 amide bonds. The second kappa shape index (κ2) is 3.82. The third kappa shape index (κ3) is 1.59. The molecule has 0 spiro atoms. The Bertz CT molecular complexity index is 573. The van der Waals surface area contributed by atoms with Gasteiger partial charge in [-0.15, -0.1) is 0 Å². The fourth-order valence-corrected chi connectivity index (χ4v) is 1.67. The van der Waals surface area contributed by atoms with Crippen molar-refractivity contribution in [3.63, 3.8) is 0 Å². The standard InChI is InChI=1S/C11H7NO5/c1-17-9-5-8(13)6-3-2-4-7(12(15)16)10(6)11(9)14/h2-5H,1H3. The molecule has 0 radical (unpaired) electrons. The highest BCUT2D eigenvalue weighted by Gasteiger charge is 2.33. The molecule has 1 aromatic carbocycles. The van der Waals surface area contributed by atoms with Crippen molar-refractivity contribution in [3.8, 4) is 0 Å². The van der Waals surface area contributed by atoms with Crippen LogP contribution in [0.1, 0.15) is 20.7 Å². The molecule has 0 unspecified atom stereocenters. The molecule has 0 saturated heterocycles. The van der Waals surface area contributed by atoms with E-state index in [2.05, 4.69) is 0 Å². The predicted molar refractivity (Wildman–Crippen MR) is 56.8 cm³/mol. The average molecular weight is 233 g/mol. The summed E-state index contributed by atoms with van der Waals surface area (Å²) in [6.07, 6.45) is 1.04. The first kappa shape index (κ1) is 11.0. The summed E-state index contributed by atoms with van der Waals surface area (Å²) in [5.74, 6) is -1.30. The fourth-order valence-electron chi connectivity index (χ4n) is 1.67. The van der Waals surface area contributed by atoms with Gasteiger partial charge in [0.25, 0.3) is 5.69 Å². The van der Waals surface area contributed by atoms with Crippen LogP contribution < -0.4 is 0 Å². The lowest BCUT2D eigenvalue weighted by molar-refractivity contribution is -0.385. The second-order valence-corrected chi connectivity index (χ2v) is 3.36. The Balaban J connectivity index is 2.72. The molecule has 17 heavy (non-hydrogen) atoms. The first-order valence-corrected chi connectivity index (χ1v) is 4.68. The number of rotatable bonds is 2. The van der Waals surface area contributed by atoms with Gasteiger partial charge in [-0.2, -0.15) is 0 Å². The van der Waals surface area contributed by atoms with Gasteiger partial charge in [0.1, 0.15) is 5.56 Å². The summed E-state index contributed by atoms with van der Waals surface area (Å²) >= 11 is 0. The number of carbonyl (C=O) groups is 2. The van der Waals surface area contributed by atoms with E-state index in [1.165, 1.54) is 25.3 Å². The van der Waals surface area contributed by atoms with E-state index in [0.717, 1.165) is 6.08 Å². The van der Waals surface area contributed by atoms with Crippen molar-refractivity contribution in [3.05, 3.63) is 51.3 Å². The molecular formula is C11H7NO5. The maximum atomic E-state index is 11.9. The maximum absolute atomic E-state index is 11.9. The highest BCUT2D eigenvalue weighted by atomic mass is 16.6. The summed E-state index contributed by atoms with van der Waals surface area (Å²) in [5.41, 5.74) is -0.560. The van der Waals surface area contributed by atoms with E-state index in [1.54, 1.807) is 0 Å². The van der Waals surface area contributed by atoms with E-state index >= 15 is 0 Å². The number of hydrogen-bond donors (Lipinski definition) is 0. The molecule has 1 aliphatic rings. The second-order valence-electron chi connectivity index (χ2n) is 3.36. The Morgan fingerprint density at radius 3 is 2.59 bits per heavy atom. The third-order valence-electron chi connectivity index (χ3n) is 2.44. The van der Waals surface area contributed by atoms with Gasteiger partial charge < -0.3 is 4.74 Å². The smallest absolute Gasteiger partial charge is 0.281 e. The summed E-state index contributed by atoms with van der Waals surface area (Å²) in [6.45, 7) is 0. The summed E-state index contributed by atoms with van der Waals surface area (Å²) in [6, 6.07) is 3.93. The lowest BCUT2D eigenvalue weighted by atomic mass is 9.92. The van der Waals surface area contributed by atoms with Gasteiger partial charge in [-0.3, -0.25) is 19.7 Å². The molecule has 6 nitrogen and oxygen atoms in total. The van der Waals surface area contributed by atoms with Crippen molar-refractivity contribution in [2.75, 3.05) is 7.11 Å². The van der Waals surface area contributed by atoms with E-state index in [4.69, 9.17) is 4.74 Å². The topological polar surface area (TPSA) is 86.5 Å². The molecule has 0 heterocycles. The molecule has 1 aliphatic carbocycles. The molecule has 0 N–H and O–H groups in total. The predicted octanol–water partition coefficient (Wildman–Crippen LogP) is 1.50. The number of ether oxygens (including phenoxy) is 1. The van der Waals surface area contributed by atoms with Crippen molar-refractivity contribution >= 4 is 17.3 Å². The van der Waals surface area contributed by atoms with Gasteiger partial charge in [-0.1, -0.05) is 6.07 Å². The number of nitrogens with zero attached hydrogens (tertiary/aromatic N) is 1. The Hall–Kier alpha value is -2.50. The number of benzene rings is 1. The molecule has 0 fully saturated rings. The number of nitro groups is 1. The summed E-state index contributed by atoms with van der Waals surface area (Å²) < 4.78 is 4.73. The zero-order chi connectivity index (χ0) is 12.6. The van der Waals surface area contributed by atoms with Gasteiger partial charge >= 0.3 is 0 Å². The molecule has 0 saturated carbocycles. The number of ketones is 2.